The summed E-state index contributed by atoms with van der Waals surface area (Å²) >= 11 is 0. The number of anilines is 2. The summed E-state index contributed by atoms with van der Waals surface area (Å²) in [6.07, 6.45) is 3.65. The van der Waals surface area contributed by atoms with Crippen molar-refractivity contribution in [2.24, 2.45) is 0 Å². The van der Waals surface area contributed by atoms with Gasteiger partial charge in [0.15, 0.2) is 12.0 Å². The molecule has 3 aliphatic heterocycles. The van der Waals surface area contributed by atoms with Crippen molar-refractivity contribution in [2.75, 3.05) is 44.6 Å². The maximum Gasteiger partial charge on any atom is 0.410 e. The summed E-state index contributed by atoms with van der Waals surface area (Å²) in [6.45, 7) is 14.0. The molecule has 2 aromatic carbocycles. The molecule has 3 saturated heterocycles. The van der Waals surface area contributed by atoms with Crippen molar-refractivity contribution in [1.82, 2.24) is 24.3 Å². The number of hydrogen-bond acceptors (Lipinski definition) is 9. The molecule has 4 aromatic rings. The molecule has 47 heavy (non-hydrogen) atoms. The summed E-state index contributed by atoms with van der Waals surface area (Å²) in [5.74, 6) is 0.0643. The standard InChI is InChI=1S/C36H44N6O5/c1-35(2,3)47-34(43)41-19-17-40(18-20-41)16-15-24-11-13-26(14-12-24)39-31-29-27(25-9-7-6-8-10-25)21-42(32(29)38-23-37-31)33-30-28(22-44-33)45-36(4,5)46-30/h6-14,21,23,28,30,33H,15-20,22H2,1-5H3,(H,37,38,39)/t28-,30-,33-/m1/s1. The summed E-state index contributed by atoms with van der Waals surface area (Å²) < 4.78 is 26.2. The topological polar surface area (TPSA) is 103 Å². The normalized spacial score (nSPS) is 22.8. The Bertz CT molecular complexity index is 1710. The minimum atomic E-state index is -0.660. The Balaban J connectivity index is 1.06. The first kappa shape index (κ1) is 31.6. The van der Waals surface area contributed by atoms with Crippen LogP contribution in [-0.4, -0.2) is 93.4 Å². The smallest absolute Gasteiger partial charge is 0.410 e. The van der Waals surface area contributed by atoms with Crippen LogP contribution in [0.3, 0.4) is 0 Å². The summed E-state index contributed by atoms with van der Waals surface area (Å²) in [7, 11) is 0. The van der Waals surface area contributed by atoms with Gasteiger partial charge in [-0.3, -0.25) is 4.90 Å². The quantitative estimate of drug-likeness (QED) is 0.261. The zero-order valence-electron chi connectivity index (χ0n) is 27.8. The largest absolute Gasteiger partial charge is 0.444 e. The molecular weight excluding hydrogens is 596 g/mol. The van der Waals surface area contributed by atoms with Gasteiger partial charge in [-0.15, -0.1) is 0 Å². The molecule has 2 aromatic heterocycles. The fourth-order valence-electron chi connectivity index (χ4n) is 6.63. The number of fused-ring (bicyclic) bond motifs is 2. The third kappa shape index (κ3) is 6.85. The van der Waals surface area contributed by atoms with Crippen molar-refractivity contribution in [3.05, 3.63) is 72.7 Å². The molecule has 0 unspecified atom stereocenters. The van der Waals surface area contributed by atoms with Gasteiger partial charge in [-0.05, 0) is 64.3 Å². The number of piperazine rings is 1. The monoisotopic (exact) mass is 640 g/mol. The zero-order chi connectivity index (χ0) is 32.8. The molecule has 0 spiro atoms. The predicted molar refractivity (Wildman–Crippen MR) is 179 cm³/mol. The molecule has 1 amide bonds. The van der Waals surface area contributed by atoms with E-state index in [1.807, 2.05) is 52.8 Å². The minimum Gasteiger partial charge on any atom is -0.444 e. The van der Waals surface area contributed by atoms with Crippen LogP contribution in [0.4, 0.5) is 16.3 Å². The average Bonchev–Trinajstić information content (AvgIpc) is 3.70. The number of aromatic nitrogens is 3. The van der Waals surface area contributed by atoms with E-state index in [1.165, 1.54) is 5.56 Å². The first-order valence-corrected chi connectivity index (χ1v) is 16.5. The van der Waals surface area contributed by atoms with Gasteiger partial charge in [0, 0.05) is 50.2 Å². The van der Waals surface area contributed by atoms with Gasteiger partial charge in [-0.1, -0.05) is 42.5 Å². The molecule has 1 N–H and O–H groups in total. The first-order chi connectivity index (χ1) is 22.5. The van der Waals surface area contributed by atoms with Crippen LogP contribution in [0.15, 0.2) is 67.1 Å². The molecule has 0 saturated carbocycles. The van der Waals surface area contributed by atoms with Gasteiger partial charge in [-0.25, -0.2) is 14.8 Å². The van der Waals surface area contributed by atoms with Crippen LogP contribution >= 0.6 is 0 Å². The number of rotatable bonds is 7. The van der Waals surface area contributed by atoms with Crippen LogP contribution in [0, 0.1) is 0 Å². The zero-order valence-corrected chi connectivity index (χ0v) is 27.8. The Kier molecular flexibility index (Phi) is 8.42. The van der Waals surface area contributed by atoms with Crippen LogP contribution < -0.4 is 5.32 Å². The number of carbonyl (C=O) groups excluding carboxylic acids is 1. The lowest BCUT2D eigenvalue weighted by Gasteiger charge is -2.35. The molecule has 3 aliphatic rings. The molecule has 3 atom stereocenters. The molecule has 11 heteroatoms. The highest BCUT2D eigenvalue weighted by Crippen LogP contribution is 2.43. The van der Waals surface area contributed by atoms with Crippen LogP contribution in [0.2, 0.25) is 0 Å². The molecule has 0 bridgehead atoms. The maximum absolute atomic E-state index is 12.4. The lowest BCUT2D eigenvalue weighted by molar-refractivity contribution is -0.183. The average molecular weight is 641 g/mol. The Morgan fingerprint density at radius 1 is 1.00 bits per heavy atom. The van der Waals surface area contributed by atoms with Crippen molar-refractivity contribution in [3.8, 4) is 11.1 Å². The van der Waals surface area contributed by atoms with Crippen LogP contribution in [0.5, 0.6) is 0 Å². The second kappa shape index (κ2) is 12.5. The lowest BCUT2D eigenvalue weighted by Crippen LogP contribution is -2.50. The van der Waals surface area contributed by atoms with Gasteiger partial charge in [0.2, 0.25) is 0 Å². The minimum absolute atomic E-state index is 0.132. The van der Waals surface area contributed by atoms with E-state index in [0.717, 1.165) is 59.7 Å². The second-order valence-corrected chi connectivity index (χ2v) is 14.0. The lowest BCUT2D eigenvalue weighted by atomic mass is 10.1. The molecular formula is C36H44N6O5. The number of amides is 1. The maximum atomic E-state index is 12.4. The number of ether oxygens (including phenoxy) is 4. The highest BCUT2D eigenvalue weighted by Gasteiger charge is 2.51. The van der Waals surface area contributed by atoms with Gasteiger partial charge in [0.1, 0.15) is 35.6 Å². The van der Waals surface area contributed by atoms with Gasteiger partial charge < -0.3 is 33.7 Å². The van der Waals surface area contributed by atoms with E-state index >= 15 is 0 Å². The van der Waals surface area contributed by atoms with Crippen molar-refractivity contribution < 1.29 is 23.7 Å². The number of carbonyl (C=O) groups is 1. The number of nitrogens with zero attached hydrogens (tertiary/aromatic N) is 5. The van der Waals surface area contributed by atoms with Crippen LogP contribution in [-0.2, 0) is 25.4 Å². The van der Waals surface area contributed by atoms with Crippen molar-refractivity contribution in [3.63, 3.8) is 0 Å². The molecule has 11 nitrogen and oxygen atoms in total. The summed E-state index contributed by atoms with van der Waals surface area (Å²) in [4.78, 5) is 26.0. The van der Waals surface area contributed by atoms with E-state index in [2.05, 4.69) is 57.4 Å². The van der Waals surface area contributed by atoms with E-state index in [9.17, 15) is 4.79 Å². The van der Waals surface area contributed by atoms with Gasteiger partial charge in [-0.2, -0.15) is 0 Å². The van der Waals surface area contributed by atoms with Gasteiger partial charge >= 0.3 is 6.09 Å². The Labute approximate surface area is 275 Å². The molecule has 7 rings (SSSR count). The second-order valence-electron chi connectivity index (χ2n) is 14.0. The summed E-state index contributed by atoms with van der Waals surface area (Å²) in [6, 6.07) is 18.8. The Hall–Kier alpha value is -4.03. The van der Waals surface area contributed by atoms with E-state index < -0.39 is 11.4 Å². The van der Waals surface area contributed by atoms with E-state index in [-0.39, 0.29) is 24.5 Å². The van der Waals surface area contributed by atoms with E-state index in [1.54, 1.807) is 11.2 Å². The SMILES string of the molecule is CC(C)(C)OC(=O)N1CCN(CCc2ccc(Nc3ncnc4c3c(-c3ccccc3)cn4[C@@H]3OC[C@H]4OC(C)(C)O[C@@H]34)cc2)CC1. The Morgan fingerprint density at radius 3 is 2.47 bits per heavy atom. The highest BCUT2D eigenvalue weighted by atomic mass is 16.8. The van der Waals surface area contributed by atoms with Crippen molar-refractivity contribution in [2.45, 2.75) is 70.9 Å². The third-order valence-electron chi connectivity index (χ3n) is 8.86. The van der Waals surface area contributed by atoms with Crippen LogP contribution in [0.25, 0.3) is 22.2 Å². The van der Waals surface area contributed by atoms with E-state index in [0.29, 0.717) is 19.7 Å². The summed E-state index contributed by atoms with van der Waals surface area (Å²) in [5, 5.41) is 4.48. The van der Waals surface area contributed by atoms with Gasteiger partial charge in [0.05, 0.1) is 12.0 Å². The van der Waals surface area contributed by atoms with E-state index in [4.69, 9.17) is 28.9 Å². The molecule has 0 radical (unpaired) electrons. The first-order valence-electron chi connectivity index (χ1n) is 16.5. The van der Waals surface area contributed by atoms with Crippen molar-refractivity contribution >= 4 is 28.6 Å². The summed E-state index contributed by atoms with van der Waals surface area (Å²) in [5.41, 5.74) is 4.56. The molecule has 0 aliphatic carbocycles. The fraction of sp³-hybridized carbons (Fsp3) is 0.472. The van der Waals surface area contributed by atoms with Crippen LogP contribution in [0.1, 0.15) is 46.4 Å². The number of nitrogens with one attached hydrogen (secondary N) is 1. The number of hydrogen-bond donors (Lipinski definition) is 1. The highest BCUT2D eigenvalue weighted by molar-refractivity contribution is 6.02. The number of benzene rings is 2. The predicted octanol–water partition coefficient (Wildman–Crippen LogP) is 5.99. The fourth-order valence-corrected chi connectivity index (χ4v) is 6.63. The Morgan fingerprint density at radius 2 is 1.74 bits per heavy atom. The molecule has 5 heterocycles. The third-order valence-corrected chi connectivity index (χ3v) is 8.86. The molecule has 3 fully saturated rings. The van der Waals surface area contributed by atoms with Crippen molar-refractivity contribution in [1.29, 1.82) is 0 Å². The van der Waals surface area contributed by atoms with Gasteiger partial charge in [0.25, 0.3) is 0 Å². The molecule has 248 valence electrons.